The minimum atomic E-state index is -0.380. The molecular weight excluding hydrogens is 311 g/mol. The third-order valence-corrected chi connectivity index (χ3v) is 4.28. The average molecular weight is 336 g/mol. The minimum absolute atomic E-state index is 0.140. The van der Waals surface area contributed by atoms with E-state index in [4.69, 9.17) is 0 Å². The molecule has 0 spiro atoms. The molecule has 0 radical (unpaired) electrons. The van der Waals surface area contributed by atoms with Gasteiger partial charge in [0, 0.05) is 44.8 Å². The summed E-state index contributed by atoms with van der Waals surface area (Å²) in [5.74, 6) is -0.412. The molecule has 7 heteroatoms. The Balaban J connectivity index is 1.82. The van der Waals surface area contributed by atoms with Gasteiger partial charge in [0.15, 0.2) is 0 Å². The van der Waals surface area contributed by atoms with Crippen molar-refractivity contribution >= 4 is 17.5 Å². The molecule has 1 unspecified atom stereocenters. The zero-order valence-corrected chi connectivity index (χ0v) is 14.2. The van der Waals surface area contributed by atoms with Crippen LogP contribution >= 0.6 is 0 Å². The number of benzene rings is 1. The molecule has 1 aromatic rings. The predicted molar refractivity (Wildman–Crippen MR) is 91.2 cm³/mol. The van der Waals surface area contributed by atoms with Crippen LogP contribution in [0.4, 0.5) is 10.1 Å². The number of hydrogen-bond acceptors (Lipinski definition) is 4. The van der Waals surface area contributed by atoms with Crippen molar-refractivity contribution in [2.24, 2.45) is 0 Å². The second kappa shape index (κ2) is 8.75. The van der Waals surface area contributed by atoms with Crippen LogP contribution in [0.5, 0.6) is 0 Å². The quantitative estimate of drug-likeness (QED) is 0.810. The summed E-state index contributed by atoms with van der Waals surface area (Å²) in [5, 5.41) is 5.70. The molecule has 0 aromatic heterocycles. The molecule has 6 nitrogen and oxygen atoms in total. The summed E-state index contributed by atoms with van der Waals surface area (Å²) >= 11 is 0. The van der Waals surface area contributed by atoms with Crippen LogP contribution in [0, 0.1) is 5.82 Å². The number of nitrogens with one attached hydrogen (secondary N) is 2. The van der Waals surface area contributed by atoms with Gasteiger partial charge in [-0.3, -0.25) is 14.5 Å². The van der Waals surface area contributed by atoms with E-state index in [1.165, 1.54) is 12.1 Å². The zero-order chi connectivity index (χ0) is 17.5. The summed E-state index contributed by atoms with van der Waals surface area (Å²) in [6.07, 6.45) is 0.492. The molecule has 132 valence electrons. The van der Waals surface area contributed by atoms with Gasteiger partial charge in [0.05, 0.1) is 6.04 Å². The minimum Gasteiger partial charge on any atom is -0.340 e. The number of anilines is 1. The molecule has 1 aliphatic heterocycles. The fraction of sp³-hybridized carbons (Fsp3) is 0.529. The van der Waals surface area contributed by atoms with Crippen LogP contribution in [0.15, 0.2) is 24.3 Å². The molecule has 1 atom stereocenters. The fourth-order valence-electron chi connectivity index (χ4n) is 2.73. The highest BCUT2D eigenvalue weighted by molar-refractivity contribution is 5.94. The Morgan fingerprint density at radius 1 is 1.25 bits per heavy atom. The third kappa shape index (κ3) is 5.01. The molecule has 1 heterocycles. The number of carbonyl (C=O) groups is 2. The third-order valence-electron chi connectivity index (χ3n) is 4.28. The van der Waals surface area contributed by atoms with Crippen molar-refractivity contribution in [2.75, 3.05) is 45.1 Å². The maximum Gasteiger partial charge on any atom is 0.241 e. The molecule has 2 rings (SSSR count). The van der Waals surface area contributed by atoms with Crippen LogP contribution in [0.25, 0.3) is 0 Å². The first-order valence-electron chi connectivity index (χ1n) is 8.24. The van der Waals surface area contributed by atoms with Crippen LogP contribution in [-0.2, 0) is 9.59 Å². The largest absolute Gasteiger partial charge is 0.340 e. The van der Waals surface area contributed by atoms with Gasteiger partial charge in [-0.1, -0.05) is 6.07 Å². The summed E-state index contributed by atoms with van der Waals surface area (Å²) in [5.41, 5.74) is 0.452. The van der Waals surface area contributed by atoms with Gasteiger partial charge in [-0.15, -0.1) is 0 Å². The molecule has 2 amide bonds. The van der Waals surface area contributed by atoms with Crippen molar-refractivity contribution < 1.29 is 14.0 Å². The van der Waals surface area contributed by atoms with Crippen LogP contribution in [0.3, 0.4) is 0 Å². The van der Waals surface area contributed by atoms with Gasteiger partial charge in [-0.2, -0.15) is 0 Å². The van der Waals surface area contributed by atoms with Gasteiger partial charge in [0.25, 0.3) is 0 Å². The number of hydrogen-bond donors (Lipinski definition) is 2. The highest BCUT2D eigenvalue weighted by atomic mass is 19.1. The molecule has 0 saturated carbocycles. The zero-order valence-electron chi connectivity index (χ0n) is 14.2. The lowest BCUT2D eigenvalue weighted by Gasteiger charge is -2.37. The maximum atomic E-state index is 13.2. The molecule has 0 aliphatic carbocycles. The van der Waals surface area contributed by atoms with Gasteiger partial charge in [0.1, 0.15) is 5.82 Å². The first kappa shape index (κ1) is 18.4. The number of halogens is 1. The topological polar surface area (TPSA) is 64.7 Å². The summed E-state index contributed by atoms with van der Waals surface area (Å²) in [7, 11) is 1.82. The van der Waals surface area contributed by atoms with Gasteiger partial charge >= 0.3 is 0 Å². The molecule has 1 aromatic carbocycles. The van der Waals surface area contributed by atoms with E-state index >= 15 is 0 Å². The summed E-state index contributed by atoms with van der Waals surface area (Å²) < 4.78 is 13.2. The molecule has 1 aliphatic rings. The van der Waals surface area contributed by atoms with Gasteiger partial charge in [-0.05, 0) is 32.2 Å². The Hall–Kier alpha value is -1.99. The van der Waals surface area contributed by atoms with Crippen molar-refractivity contribution in [3.63, 3.8) is 0 Å². The lowest BCUT2D eigenvalue weighted by atomic mass is 10.2. The second-order valence-electron chi connectivity index (χ2n) is 5.95. The van der Waals surface area contributed by atoms with Crippen LogP contribution in [0.1, 0.15) is 13.3 Å². The van der Waals surface area contributed by atoms with Crippen molar-refractivity contribution in [1.82, 2.24) is 15.1 Å². The Morgan fingerprint density at radius 3 is 2.58 bits per heavy atom. The average Bonchev–Trinajstić information content (AvgIpc) is 2.59. The number of nitrogens with zero attached hydrogens (tertiary/aromatic N) is 2. The highest BCUT2D eigenvalue weighted by Crippen LogP contribution is 2.12. The van der Waals surface area contributed by atoms with E-state index in [2.05, 4.69) is 10.6 Å². The van der Waals surface area contributed by atoms with E-state index in [9.17, 15) is 14.0 Å². The van der Waals surface area contributed by atoms with Crippen LogP contribution in [0.2, 0.25) is 0 Å². The Morgan fingerprint density at radius 2 is 1.96 bits per heavy atom. The molecular formula is C17H25FN4O2. The normalized spacial score (nSPS) is 16.7. The molecule has 0 bridgehead atoms. The van der Waals surface area contributed by atoms with Crippen LogP contribution < -0.4 is 10.6 Å². The standard InChI is InChI=1S/C17H25FN4O2/c1-13(17(24)20-15-5-3-4-14(18)12-15)21-8-10-22(11-9-21)16(23)6-7-19-2/h3-5,12-13,19H,6-11H2,1-2H3,(H,20,24). The summed E-state index contributed by atoms with van der Waals surface area (Å²) in [6.45, 7) is 5.06. The molecule has 24 heavy (non-hydrogen) atoms. The number of carbonyl (C=O) groups excluding carboxylic acids is 2. The Labute approximate surface area is 142 Å². The lowest BCUT2D eigenvalue weighted by Crippen LogP contribution is -2.54. The van der Waals surface area contributed by atoms with Crippen molar-refractivity contribution in [3.05, 3.63) is 30.1 Å². The summed E-state index contributed by atoms with van der Waals surface area (Å²) in [4.78, 5) is 28.2. The number of rotatable bonds is 6. The van der Waals surface area contributed by atoms with E-state index in [0.29, 0.717) is 44.8 Å². The molecule has 1 saturated heterocycles. The lowest BCUT2D eigenvalue weighted by molar-refractivity contribution is -0.133. The molecule has 2 N–H and O–H groups in total. The summed E-state index contributed by atoms with van der Waals surface area (Å²) in [6, 6.07) is 5.52. The first-order valence-corrected chi connectivity index (χ1v) is 8.24. The van der Waals surface area contributed by atoms with E-state index < -0.39 is 0 Å². The predicted octanol–water partition coefficient (Wildman–Crippen LogP) is 0.906. The number of amides is 2. The Kier molecular flexibility index (Phi) is 6.69. The van der Waals surface area contributed by atoms with E-state index in [0.717, 1.165) is 0 Å². The van der Waals surface area contributed by atoms with Gasteiger partial charge < -0.3 is 15.5 Å². The van der Waals surface area contributed by atoms with Crippen molar-refractivity contribution in [3.8, 4) is 0 Å². The van der Waals surface area contributed by atoms with E-state index in [1.54, 1.807) is 12.1 Å². The number of piperazine rings is 1. The van der Waals surface area contributed by atoms with Gasteiger partial charge in [0.2, 0.25) is 11.8 Å². The SMILES string of the molecule is CNCCC(=O)N1CCN(C(C)C(=O)Nc2cccc(F)c2)CC1. The smallest absolute Gasteiger partial charge is 0.241 e. The fourth-order valence-corrected chi connectivity index (χ4v) is 2.73. The van der Waals surface area contributed by atoms with E-state index in [-0.39, 0.29) is 23.7 Å². The van der Waals surface area contributed by atoms with Crippen LogP contribution in [-0.4, -0.2) is 67.4 Å². The van der Waals surface area contributed by atoms with Gasteiger partial charge in [-0.25, -0.2) is 4.39 Å². The van der Waals surface area contributed by atoms with E-state index in [1.807, 2.05) is 23.8 Å². The first-order chi connectivity index (χ1) is 11.5. The highest BCUT2D eigenvalue weighted by Gasteiger charge is 2.27. The monoisotopic (exact) mass is 336 g/mol. The van der Waals surface area contributed by atoms with Crippen molar-refractivity contribution in [2.45, 2.75) is 19.4 Å². The van der Waals surface area contributed by atoms with Crippen molar-refractivity contribution in [1.29, 1.82) is 0 Å². The maximum absolute atomic E-state index is 13.2. The Bertz CT molecular complexity index is 573. The molecule has 1 fully saturated rings. The second-order valence-corrected chi connectivity index (χ2v) is 5.95.